The van der Waals surface area contributed by atoms with Gasteiger partial charge in [-0.05, 0) is 31.0 Å². The third-order valence-electron chi connectivity index (χ3n) is 3.60. The van der Waals surface area contributed by atoms with E-state index in [1.54, 1.807) is 24.3 Å². The van der Waals surface area contributed by atoms with E-state index in [0.29, 0.717) is 17.2 Å². The van der Waals surface area contributed by atoms with Gasteiger partial charge in [-0.2, -0.15) is 5.10 Å². The van der Waals surface area contributed by atoms with E-state index in [0.717, 1.165) is 5.56 Å². The molecule has 122 valence electrons. The van der Waals surface area contributed by atoms with Gasteiger partial charge in [0.15, 0.2) is 5.17 Å². The van der Waals surface area contributed by atoms with Crippen molar-refractivity contribution in [2.75, 3.05) is 0 Å². The molecule has 0 bridgehead atoms. The number of nitrogens with zero attached hydrogens (tertiary/aromatic N) is 2. The van der Waals surface area contributed by atoms with Crippen LogP contribution in [0.1, 0.15) is 16.7 Å². The first-order valence-electron chi connectivity index (χ1n) is 7.54. The van der Waals surface area contributed by atoms with Gasteiger partial charge in [0.1, 0.15) is 5.75 Å². The van der Waals surface area contributed by atoms with Crippen molar-refractivity contribution in [3.8, 4) is 5.75 Å². The molecular formula is C18H17N3O2S. The fourth-order valence-electron chi connectivity index (χ4n) is 2.26. The molecule has 3 rings (SSSR count). The summed E-state index contributed by atoms with van der Waals surface area (Å²) in [5, 5.41) is 20.6. The van der Waals surface area contributed by atoms with E-state index in [1.807, 2.05) is 31.2 Å². The zero-order valence-corrected chi connectivity index (χ0v) is 14.0. The number of phenolic OH excluding ortho intramolecular Hbond substituents is 1. The van der Waals surface area contributed by atoms with Crippen LogP contribution in [-0.2, 0) is 11.2 Å². The average Bonchev–Trinajstić information content (AvgIpc) is 2.91. The quantitative estimate of drug-likeness (QED) is 0.664. The van der Waals surface area contributed by atoms with Gasteiger partial charge in [0, 0.05) is 5.56 Å². The largest absolute Gasteiger partial charge is 0.507 e. The molecule has 1 saturated heterocycles. The summed E-state index contributed by atoms with van der Waals surface area (Å²) in [4.78, 5) is 12.0. The zero-order valence-electron chi connectivity index (χ0n) is 13.1. The summed E-state index contributed by atoms with van der Waals surface area (Å²) in [6, 6.07) is 15.0. The molecule has 2 aromatic carbocycles. The Labute approximate surface area is 144 Å². The van der Waals surface area contributed by atoms with E-state index in [2.05, 4.69) is 15.5 Å². The Morgan fingerprint density at radius 1 is 1.21 bits per heavy atom. The van der Waals surface area contributed by atoms with E-state index in [-0.39, 0.29) is 16.9 Å². The molecule has 5 nitrogen and oxygen atoms in total. The minimum Gasteiger partial charge on any atom is -0.507 e. The van der Waals surface area contributed by atoms with Gasteiger partial charge in [-0.15, -0.1) is 5.10 Å². The van der Waals surface area contributed by atoms with Crippen molar-refractivity contribution < 1.29 is 9.90 Å². The van der Waals surface area contributed by atoms with Crippen LogP contribution in [0.15, 0.2) is 58.7 Å². The molecule has 0 aromatic heterocycles. The molecule has 1 atom stereocenters. The Morgan fingerprint density at radius 2 is 1.96 bits per heavy atom. The van der Waals surface area contributed by atoms with Crippen molar-refractivity contribution in [3.63, 3.8) is 0 Å². The summed E-state index contributed by atoms with van der Waals surface area (Å²) in [5.41, 5.74) is 2.89. The number of thioether (sulfide) groups is 1. The number of hydrogen-bond donors (Lipinski definition) is 2. The van der Waals surface area contributed by atoms with E-state index < -0.39 is 0 Å². The third kappa shape index (κ3) is 4.02. The number of rotatable bonds is 4. The standard InChI is InChI=1S/C18H17N3O2S/c1-12-6-8-13(9-7-12)10-16-17(23)20-18(24-16)21-19-11-14-4-2-3-5-15(14)22/h2-9,11,16,22H,10H2,1H3,(H,20,21,23)/b19-11+/t16-/m0/s1. The molecule has 0 unspecified atom stereocenters. The highest BCUT2D eigenvalue weighted by Crippen LogP contribution is 2.23. The monoisotopic (exact) mass is 339 g/mol. The first-order chi connectivity index (χ1) is 11.6. The maximum atomic E-state index is 12.0. The third-order valence-corrected chi connectivity index (χ3v) is 4.67. The number of nitrogens with one attached hydrogen (secondary N) is 1. The molecule has 1 fully saturated rings. The number of benzene rings is 2. The predicted molar refractivity (Wildman–Crippen MR) is 97.5 cm³/mol. The van der Waals surface area contributed by atoms with Crippen LogP contribution in [0.4, 0.5) is 0 Å². The molecule has 2 N–H and O–H groups in total. The van der Waals surface area contributed by atoms with Gasteiger partial charge in [-0.1, -0.05) is 53.7 Å². The van der Waals surface area contributed by atoms with Crippen LogP contribution in [0.5, 0.6) is 5.75 Å². The first-order valence-corrected chi connectivity index (χ1v) is 8.42. The van der Waals surface area contributed by atoms with Gasteiger partial charge >= 0.3 is 0 Å². The second-order valence-corrected chi connectivity index (χ2v) is 6.69. The summed E-state index contributed by atoms with van der Waals surface area (Å²) in [5.74, 6) is 0.0823. The highest BCUT2D eigenvalue weighted by Gasteiger charge is 2.30. The molecule has 0 aliphatic carbocycles. The average molecular weight is 339 g/mol. The number of carbonyl (C=O) groups excluding carboxylic acids is 1. The van der Waals surface area contributed by atoms with Gasteiger partial charge in [0.25, 0.3) is 0 Å². The van der Waals surface area contributed by atoms with Crippen LogP contribution in [0, 0.1) is 6.92 Å². The smallest absolute Gasteiger partial charge is 0.239 e. The SMILES string of the molecule is Cc1ccc(C[C@@H]2S/C(=N/N=C/c3ccccc3O)NC2=O)cc1. The van der Waals surface area contributed by atoms with Crippen LogP contribution >= 0.6 is 11.8 Å². The Morgan fingerprint density at radius 3 is 2.71 bits per heavy atom. The van der Waals surface area contributed by atoms with Gasteiger partial charge in [0.05, 0.1) is 11.5 Å². The normalized spacial score (nSPS) is 19.1. The molecule has 1 amide bonds. The highest BCUT2D eigenvalue weighted by atomic mass is 32.2. The molecule has 24 heavy (non-hydrogen) atoms. The molecule has 2 aromatic rings. The lowest BCUT2D eigenvalue weighted by atomic mass is 10.1. The van der Waals surface area contributed by atoms with E-state index in [1.165, 1.54) is 23.5 Å². The second kappa shape index (κ2) is 7.31. The number of amidine groups is 1. The van der Waals surface area contributed by atoms with E-state index in [9.17, 15) is 9.90 Å². The van der Waals surface area contributed by atoms with Gasteiger partial charge in [-0.25, -0.2) is 0 Å². The van der Waals surface area contributed by atoms with E-state index in [4.69, 9.17) is 0 Å². The topological polar surface area (TPSA) is 74.1 Å². The zero-order chi connectivity index (χ0) is 16.9. The summed E-state index contributed by atoms with van der Waals surface area (Å²) in [6.07, 6.45) is 2.11. The number of aromatic hydroxyl groups is 1. The predicted octanol–water partition coefficient (Wildman–Crippen LogP) is 2.86. The van der Waals surface area contributed by atoms with Crippen LogP contribution in [-0.4, -0.2) is 27.6 Å². The van der Waals surface area contributed by atoms with Crippen molar-refractivity contribution >= 4 is 29.1 Å². The fourth-order valence-corrected chi connectivity index (χ4v) is 3.23. The van der Waals surface area contributed by atoms with Crippen LogP contribution < -0.4 is 5.32 Å². The van der Waals surface area contributed by atoms with Crippen LogP contribution in [0.25, 0.3) is 0 Å². The van der Waals surface area contributed by atoms with Crippen molar-refractivity contribution in [3.05, 3.63) is 65.2 Å². The molecule has 1 heterocycles. The number of para-hydroxylation sites is 1. The first kappa shape index (κ1) is 16.3. The number of amides is 1. The summed E-state index contributed by atoms with van der Waals surface area (Å²) >= 11 is 1.37. The molecule has 1 aliphatic rings. The summed E-state index contributed by atoms with van der Waals surface area (Å²) in [7, 11) is 0. The second-order valence-electron chi connectivity index (χ2n) is 5.49. The molecular weight excluding hydrogens is 322 g/mol. The van der Waals surface area contributed by atoms with E-state index >= 15 is 0 Å². The molecule has 0 radical (unpaired) electrons. The Kier molecular flexibility index (Phi) is 4.96. The van der Waals surface area contributed by atoms with Gasteiger partial charge in [-0.3, -0.25) is 4.79 Å². The fraction of sp³-hybridized carbons (Fsp3) is 0.167. The van der Waals surface area contributed by atoms with Gasteiger partial charge in [0.2, 0.25) is 5.91 Å². The highest BCUT2D eigenvalue weighted by molar-refractivity contribution is 8.15. The number of carbonyl (C=O) groups is 1. The lowest BCUT2D eigenvalue weighted by molar-refractivity contribution is -0.118. The molecule has 0 spiro atoms. The lowest BCUT2D eigenvalue weighted by Crippen LogP contribution is -2.25. The maximum absolute atomic E-state index is 12.0. The van der Waals surface area contributed by atoms with Crippen molar-refractivity contribution in [2.45, 2.75) is 18.6 Å². The number of phenols is 1. The number of aryl methyl sites for hydroxylation is 1. The minimum absolute atomic E-state index is 0.0583. The van der Waals surface area contributed by atoms with Crippen LogP contribution in [0.2, 0.25) is 0 Å². The molecule has 6 heteroatoms. The summed E-state index contributed by atoms with van der Waals surface area (Å²) in [6.45, 7) is 2.04. The Hall–Kier alpha value is -2.60. The Bertz CT molecular complexity index is 800. The summed E-state index contributed by atoms with van der Waals surface area (Å²) < 4.78 is 0. The van der Waals surface area contributed by atoms with Crippen molar-refractivity contribution in [2.24, 2.45) is 10.2 Å². The van der Waals surface area contributed by atoms with Crippen LogP contribution in [0.3, 0.4) is 0 Å². The lowest BCUT2D eigenvalue weighted by Gasteiger charge is -2.05. The van der Waals surface area contributed by atoms with Crippen molar-refractivity contribution in [1.29, 1.82) is 0 Å². The molecule has 1 aliphatic heterocycles. The number of hydrogen-bond acceptors (Lipinski definition) is 5. The Balaban J connectivity index is 1.63. The van der Waals surface area contributed by atoms with Crippen molar-refractivity contribution in [1.82, 2.24) is 5.32 Å². The minimum atomic E-state index is -0.202. The van der Waals surface area contributed by atoms with Gasteiger partial charge < -0.3 is 10.4 Å². The molecule has 0 saturated carbocycles. The maximum Gasteiger partial charge on any atom is 0.239 e.